The number of nitrogens with zero attached hydrogens (tertiary/aromatic N) is 8. The fourth-order valence-corrected chi connectivity index (χ4v) is 7.16. The zero-order valence-electron chi connectivity index (χ0n) is 22.3. The molecule has 4 aromatic heterocycles. The van der Waals surface area contributed by atoms with Gasteiger partial charge in [0.25, 0.3) is 5.56 Å². The van der Waals surface area contributed by atoms with Gasteiger partial charge in [-0.2, -0.15) is 17.8 Å². The second-order valence-corrected chi connectivity index (χ2v) is 12.9. The van der Waals surface area contributed by atoms with Gasteiger partial charge in [-0.05, 0) is 6.92 Å². The van der Waals surface area contributed by atoms with Crippen LogP contribution in [0.1, 0.15) is 24.7 Å². The number of aromatic amines is 1. The van der Waals surface area contributed by atoms with Crippen molar-refractivity contribution >= 4 is 46.3 Å². The predicted molar refractivity (Wildman–Crippen MR) is 140 cm³/mol. The average Bonchev–Trinajstić information content (AvgIpc) is 3.72. The molecule has 8 unspecified atom stereocenters. The lowest BCUT2D eigenvalue weighted by molar-refractivity contribution is -0.0546. The number of alkyl halides is 1. The third-order valence-electron chi connectivity index (χ3n) is 7.16. The molecule has 2 bridgehead atoms. The molecule has 21 nitrogen and oxygen atoms in total. The Labute approximate surface area is 244 Å². The summed E-state index contributed by atoms with van der Waals surface area (Å²) in [7, 11) is -9.61. The van der Waals surface area contributed by atoms with Crippen LogP contribution in [-0.2, 0) is 37.6 Å². The van der Waals surface area contributed by atoms with Gasteiger partial charge >= 0.3 is 18.1 Å². The van der Waals surface area contributed by atoms with Gasteiger partial charge in [-0.25, -0.2) is 33.1 Å². The highest BCUT2D eigenvalue weighted by molar-refractivity contribution is 7.84. The fraction of sp³-hybridized carbons (Fsp3) is 0.550. The van der Waals surface area contributed by atoms with Crippen molar-refractivity contribution in [3.05, 3.63) is 28.8 Å². The molecule has 3 fully saturated rings. The number of anilines is 1. The number of hydrogen-bond donors (Lipinski definition) is 4. The number of fused-ring (bicyclic) bond motifs is 5. The molecule has 236 valence electrons. The molecule has 44 heavy (non-hydrogen) atoms. The Morgan fingerprint density at radius 2 is 1.98 bits per heavy atom. The Bertz CT molecular complexity index is 1970. The summed E-state index contributed by atoms with van der Waals surface area (Å²) in [5.41, 5.74) is 5.32. The van der Waals surface area contributed by atoms with Crippen LogP contribution >= 0.6 is 7.82 Å². The van der Waals surface area contributed by atoms with Crippen LogP contribution in [0.2, 0.25) is 0 Å². The highest BCUT2D eigenvalue weighted by atomic mass is 32.2. The molecule has 0 aromatic carbocycles. The summed E-state index contributed by atoms with van der Waals surface area (Å²) in [5, 5.41) is 7.69. The van der Waals surface area contributed by atoms with Crippen molar-refractivity contribution < 1.29 is 45.0 Å². The largest absolute Gasteiger partial charge is 0.472 e. The molecular formula is C20H23FN11O10PS. The maximum Gasteiger partial charge on any atom is 0.472 e. The Hall–Kier alpha value is -3.54. The van der Waals surface area contributed by atoms with E-state index < -0.39 is 79.9 Å². The fourth-order valence-electron chi connectivity index (χ4n) is 5.25. The topological polar surface area (TPSA) is 276 Å². The Kier molecular flexibility index (Phi) is 6.98. The van der Waals surface area contributed by atoms with E-state index in [9.17, 15) is 22.7 Å². The molecule has 3 aliphatic heterocycles. The molecular weight excluding hydrogens is 636 g/mol. The highest BCUT2D eigenvalue weighted by Crippen LogP contribution is 2.50. The van der Waals surface area contributed by atoms with E-state index in [1.54, 1.807) is 0 Å². The number of nitrogens with two attached hydrogens (primary N) is 1. The van der Waals surface area contributed by atoms with Crippen LogP contribution in [0.25, 0.3) is 22.3 Å². The lowest BCUT2D eigenvalue weighted by atomic mass is 10.1. The minimum atomic E-state index is -5.00. The molecule has 0 radical (unpaired) electrons. The SMILES string of the molecule is Cc1nc2c(nnn2C2OC3COP(=O)(O)OC4C(CNS(=O)(=O)OC2C3)OC(n2cnc3c(N)ncnc32)C4F)c(=O)[nH]1. The molecule has 0 aliphatic carbocycles. The van der Waals surface area contributed by atoms with Crippen molar-refractivity contribution in [2.75, 3.05) is 18.9 Å². The van der Waals surface area contributed by atoms with E-state index >= 15 is 4.39 Å². The second kappa shape index (κ2) is 10.5. The third-order valence-corrected chi connectivity index (χ3v) is 9.16. The van der Waals surface area contributed by atoms with Crippen molar-refractivity contribution in [3.63, 3.8) is 0 Å². The maximum atomic E-state index is 15.9. The number of phosphoric ester groups is 1. The lowest BCUT2D eigenvalue weighted by Gasteiger charge is -2.24. The highest BCUT2D eigenvalue weighted by Gasteiger charge is 2.52. The number of phosphoric acid groups is 1. The van der Waals surface area contributed by atoms with Crippen LogP contribution in [0.15, 0.2) is 17.4 Å². The summed E-state index contributed by atoms with van der Waals surface area (Å²) in [4.78, 5) is 41.4. The zero-order chi connectivity index (χ0) is 31.0. The van der Waals surface area contributed by atoms with E-state index in [0.717, 1.165) is 11.0 Å². The van der Waals surface area contributed by atoms with Gasteiger partial charge in [-0.15, -0.1) is 5.10 Å². The number of aromatic nitrogens is 9. The van der Waals surface area contributed by atoms with Gasteiger partial charge < -0.3 is 25.1 Å². The van der Waals surface area contributed by atoms with E-state index in [0.29, 0.717) is 0 Å². The van der Waals surface area contributed by atoms with E-state index in [4.69, 9.17) is 28.4 Å². The molecule has 3 saturated heterocycles. The quantitative estimate of drug-likeness (QED) is 0.178. The first-order valence-corrected chi connectivity index (χ1v) is 15.8. The standard InChI is InChI=1S/C20H23FN11O10PS/c1-7-27-17-13(18(33)28-7)29-30-32(17)19-9-2-8(39-19)4-38-43(34,35)41-14-10(3-26-44(36,37)42-9)40-20(11(14)21)31-6-25-12-15(22)23-5-24-16(12)31/h5-6,8-11,14,19-20,26H,2-4H2,1H3,(H,34,35)(H2,22,23,24)(H,27,28,33). The van der Waals surface area contributed by atoms with Gasteiger partial charge in [0.05, 0.1) is 19.0 Å². The van der Waals surface area contributed by atoms with Crippen LogP contribution in [0.4, 0.5) is 10.2 Å². The Morgan fingerprint density at radius 1 is 1.16 bits per heavy atom. The number of nitrogens with one attached hydrogen (secondary N) is 2. The van der Waals surface area contributed by atoms with Crippen LogP contribution in [0.5, 0.6) is 0 Å². The molecule has 3 aliphatic rings. The number of nitrogen functional groups attached to an aromatic ring is 1. The summed E-state index contributed by atoms with van der Waals surface area (Å²) in [6.45, 7) is 0.267. The Balaban J connectivity index is 1.19. The smallest absolute Gasteiger partial charge is 0.382 e. The first-order valence-electron chi connectivity index (χ1n) is 12.9. The summed E-state index contributed by atoms with van der Waals surface area (Å²) in [5.74, 6) is 0.247. The zero-order valence-corrected chi connectivity index (χ0v) is 24.0. The molecule has 7 heterocycles. The summed E-state index contributed by atoms with van der Waals surface area (Å²) < 4.78 is 86.8. The number of imidazole rings is 1. The van der Waals surface area contributed by atoms with E-state index in [-0.39, 0.29) is 40.4 Å². The van der Waals surface area contributed by atoms with Gasteiger partial charge in [0.15, 0.2) is 41.3 Å². The monoisotopic (exact) mass is 659 g/mol. The van der Waals surface area contributed by atoms with Gasteiger partial charge in [-0.3, -0.25) is 18.4 Å². The van der Waals surface area contributed by atoms with Crippen LogP contribution < -0.4 is 16.0 Å². The summed E-state index contributed by atoms with van der Waals surface area (Å²) in [6, 6.07) is 0. The lowest BCUT2D eigenvalue weighted by Crippen LogP contribution is -2.42. The van der Waals surface area contributed by atoms with Crippen molar-refractivity contribution in [3.8, 4) is 0 Å². The normalized spacial score (nSPS) is 34.4. The maximum absolute atomic E-state index is 15.9. The van der Waals surface area contributed by atoms with Crippen molar-refractivity contribution in [1.82, 2.24) is 49.2 Å². The summed E-state index contributed by atoms with van der Waals surface area (Å²) >= 11 is 0. The van der Waals surface area contributed by atoms with Gasteiger partial charge in [0.2, 0.25) is 0 Å². The Morgan fingerprint density at radius 3 is 2.80 bits per heavy atom. The molecule has 8 atom stereocenters. The van der Waals surface area contributed by atoms with Crippen LogP contribution in [0, 0.1) is 6.92 Å². The van der Waals surface area contributed by atoms with Crippen molar-refractivity contribution in [1.29, 1.82) is 0 Å². The molecule has 0 spiro atoms. The molecule has 0 amide bonds. The number of halogens is 1. The van der Waals surface area contributed by atoms with Gasteiger partial charge in [0.1, 0.15) is 36.0 Å². The first-order chi connectivity index (χ1) is 20.9. The number of aryl methyl sites for hydroxylation is 1. The molecule has 5 N–H and O–H groups in total. The minimum absolute atomic E-state index is 0.0182. The molecule has 4 aromatic rings. The van der Waals surface area contributed by atoms with Gasteiger partial charge in [-0.1, -0.05) is 5.21 Å². The predicted octanol–water partition coefficient (Wildman–Crippen LogP) is -1.50. The number of rotatable bonds is 2. The molecule has 7 rings (SSSR count). The van der Waals surface area contributed by atoms with Crippen LogP contribution in [-0.4, -0.2) is 102 Å². The minimum Gasteiger partial charge on any atom is -0.382 e. The third kappa shape index (κ3) is 5.14. The average molecular weight is 660 g/mol. The van der Waals surface area contributed by atoms with Gasteiger partial charge in [0, 0.05) is 13.0 Å². The number of H-pyrrole nitrogens is 1. The van der Waals surface area contributed by atoms with E-state index in [1.165, 1.54) is 17.8 Å². The number of ether oxygens (including phenoxy) is 2. The first kappa shape index (κ1) is 29.2. The molecule has 0 saturated carbocycles. The second-order valence-electron chi connectivity index (χ2n) is 10.1. The summed E-state index contributed by atoms with van der Waals surface area (Å²) in [6.07, 6.45) is -8.42. The number of hydrogen-bond acceptors (Lipinski definition) is 16. The van der Waals surface area contributed by atoms with Crippen LogP contribution in [0.3, 0.4) is 0 Å². The molecule has 24 heteroatoms. The van der Waals surface area contributed by atoms with Crippen molar-refractivity contribution in [2.45, 2.75) is 56.4 Å². The van der Waals surface area contributed by atoms with Crippen molar-refractivity contribution in [2.24, 2.45) is 0 Å². The van der Waals surface area contributed by atoms with E-state index in [1.807, 2.05) is 0 Å². The van der Waals surface area contributed by atoms with E-state index in [2.05, 4.69) is 40.0 Å².